The van der Waals surface area contributed by atoms with Gasteiger partial charge in [-0.15, -0.1) is 0 Å². The van der Waals surface area contributed by atoms with Crippen LogP contribution in [0.5, 0.6) is 11.5 Å². The lowest BCUT2D eigenvalue weighted by Gasteiger charge is -2.13. The maximum atomic E-state index is 11.4. The minimum atomic E-state index is -0.427. The number of carbonyl (C=O) groups is 1. The topological polar surface area (TPSA) is 67.8 Å². The summed E-state index contributed by atoms with van der Waals surface area (Å²) in [5, 5.41) is 11.9. The Hall–Kier alpha value is -1.59. The van der Waals surface area contributed by atoms with E-state index in [9.17, 15) is 9.90 Å². The Balaban J connectivity index is 3.06. The number of hydrogen-bond acceptors (Lipinski definition) is 5. The van der Waals surface area contributed by atoms with Crippen LogP contribution in [0.15, 0.2) is 12.1 Å². The summed E-state index contributed by atoms with van der Waals surface area (Å²) in [7, 11) is 3.14. The lowest BCUT2D eigenvalue weighted by molar-refractivity contribution is -0.133. The molecule has 1 aromatic rings. The number of methoxy groups -OCH3 is 1. The van der Waals surface area contributed by atoms with Gasteiger partial charge in [-0.05, 0) is 31.7 Å². The van der Waals surface area contributed by atoms with Gasteiger partial charge in [-0.25, -0.2) is 0 Å². The molecule has 0 atom stereocenters. The lowest BCUT2D eigenvalue weighted by Crippen LogP contribution is -2.23. The van der Waals surface area contributed by atoms with Gasteiger partial charge in [-0.2, -0.15) is 0 Å². The summed E-state index contributed by atoms with van der Waals surface area (Å²) in [5.41, 5.74) is 1.46. The highest BCUT2D eigenvalue weighted by Crippen LogP contribution is 2.32. The standard InChI is InChI=1S/C12H17NO4/c1-8-4-9(7-14)12(10(5-8)16-3)17-11(15)6-13-2/h4-5,13-14H,6-7H2,1-3H3. The number of likely N-dealkylation sites (N-methyl/N-ethyl adjacent to an activating group) is 1. The molecule has 0 bridgehead atoms. The van der Waals surface area contributed by atoms with E-state index in [1.54, 1.807) is 19.2 Å². The Labute approximate surface area is 100 Å². The van der Waals surface area contributed by atoms with Gasteiger partial charge < -0.3 is 19.9 Å². The highest BCUT2D eigenvalue weighted by atomic mass is 16.6. The molecule has 5 nitrogen and oxygen atoms in total. The number of ether oxygens (including phenoxy) is 2. The second kappa shape index (κ2) is 6.22. The van der Waals surface area contributed by atoms with Crippen molar-refractivity contribution in [2.45, 2.75) is 13.5 Å². The molecule has 0 spiro atoms. The molecule has 0 heterocycles. The molecule has 94 valence electrons. The molecular formula is C12H17NO4. The van der Waals surface area contributed by atoms with Crippen molar-refractivity contribution in [1.82, 2.24) is 5.32 Å². The Bertz CT molecular complexity index is 378. The third-order valence-corrected chi connectivity index (χ3v) is 2.20. The van der Waals surface area contributed by atoms with Crippen molar-refractivity contribution in [3.8, 4) is 11.5 Å². The van der Waals surface area contributed by atoms with Gasteiger partial charge in [-0.1, -0.05) is 0 Å². The number of nitrogens with one attached hydrogen (secondary N) is 1. The summed E-state index contributed by atoms with van der Waals surface area (Å²) in [6.45, 7) is 1.77. The van der Waals surface area contributed by atoms with Gasteiger partial charge in [0, 0.05) is 5.56 Å². The van der Waals surface area contributed by atoms with E-state index in [-0.39, 0.29) is 18.9 Å². The predicted octanol–water partition coefficient (Wildman–Crippen LogP) is 0.621. The molecule has 0 amide bonds. The molecule has 17 heavy (non-hydrogen) atoms. The molecule has 0 unspecified atom stereocenters. The second-order valence-corrected chi connectivity index (χ2v) is 3.62. The maximum absolute atomic E-state index is 11.4. The Kier molecular flexibility index (Phi) is 4.93. The first kappa shape index (κ1) is 13.5. The van der Waals surface area contributed by atoms with Crippen LogP contribution >= 0.6 is 0 Å². The summed E-state index contributed by atoms with van der Waals surface area (Å²) < 4.78 is 10.3. The molecule has 1 rings (SSSR count). The number of aliphatic hydroxyl groups is 1. The second-order valence-electron chi connectivity index (χ2n) is 3.62. The van der Waals surface area contributed by atoms with E-state index in [2.05, 4.69) is 5.32 Å². The Morgan fingerprint density at radius 2 is 2.18 bits per heavy atom. The Morgan fingerprint density at radius 1 is 1.47 bits per heavy atom. The van der Waals surface area contributed by atoms with E-state index < -0.39 is 5.97 Å². The zero-order valence-electron chi connectivity index (χ0n) is 10.2. The Morgan fingerprint density at radius 3 is 2.71 bits per heavy atom. The molecule has 0 saturated carbocycles. The summed E-state index contributed by atoms with van der Waals surface area (Å²) in [4.78, 5) is 11.4. The van der Waals surface area contributed by atoms with Crippen molar-refractivity contribution in [2.75, 3.05) is 20.7 Å². The molecular weight excluding hydrogens is 222 g/mol. The summed E-state index contributed by atoms with van der Waals surface area (Å²) in [6.07, 6.45) is 0. The summed E-state index contributed by atoms with van der Waals surface area (Å²) in [5.74, 6) is 0.295. The SMILES string of the molecule is CNCC(=O)Oc1c(CO)cc(C)cc1OC. The first-order valence-electron chi connectivity index (χ1n) is 5.26. The molecule has 5 heteroatoms. The van der Waals surface area contributed by atoms with Gasteiger partial charge >= 0.3 is 5.97 Å². The van der Waals surface area contributed by atoms with Crippen LogP contribution in [0.4, 0.5) is 0 Å². The number of benzene rings is 1. The third-order valence-electron chi connectivity index (χ3n) is 2.20. The van der Waals surface area contributed by atoms with Crippen molar-refractivity contribution in [1.29, 1.82) is 0 Å². The highest BCUT2D eigenvalue weighted by Gasteiger charge is 2.15. The van der Waals surface area contributed by atoms with Crippen molar-refractivity contribution in [3.05, 3.63) is 23.3 Å². The molecule has 0 aliphatic carbocycles. The number of aliphatic hydroxyl groups excluding tert-OH is 1. The van der Waals surface area contributed by atoms with E-state index in [1.165, 1.54) is 7.11 Å². The monoisotopic (exact) mass is 239 g/mol. The predicted molar refractivity (Wildman–Crippen MR) is 63.2 cm³/mol. The van der Waals surface area contributed by atoms with Gasteiger partial charge in [-0.3, -0.25) is 4.79 Å². The average Bonchev–Trinajstić information content (AvgIpc) is 2.31. The van der Waals surface area contributed by atoms with Crippen LogP contribution in [0.1, 0.15) is 11.1 Å². The zero-order chi connectivity index (χ0) is 12.8. The van der Waals surface area contributed by atoms with Crippen molar-refractivity contribution in [3.63, 3.8) is 0 Å². The van der Waals surface area contributed by atoms with Crippen molar-refractivity contribution >= 4 is 5.97 Å². The molecule has 1 aromatic carbocycles. The van der Waals surface area contributed by atoms with Gasteiger partial charge in [0.15, 0.2) is 11.5 Å². The molecule has 0 aliphatic heterocycles. The van der Waals surface area contributed by atoms with Crippen LogP contribution in [0.3, 0.4) is 0 Å². The fraction of sp³-hybridized carbons (Fsp3) is 0.417. The maximum Gasteiger partial charge on any atom is 0.325 e. The molecule has 0 radical (unpaired) electrons. The number of esters is 1. The fourth-order valence-corrected chi connectivity index (χ4v) is 1.49. The first-order valence-corrected chi connectivity index (χ1v) is 5.26. The number of carbonyl (C=O) groups excluding carboxylic acids is 1. The van der Waals surface area contributed by atoms with Gasteiger partial charge in [0.25, 0.3) is 0 Å². The zero-order valence-corrected chi connectivity index (χ0v) is 10.2. The minimum absolute atomic E-state index is 0.0991. The highest BCUT2D eigenvalue weighted by molar-refractivity contribution is 5.75. The smallest absolute Gasteiger partial charge is 0.325 e. The molecule has 0 saturated heterocycles. The minimum Gasteiger partial charge on any atom is -0.493 e. The van der Waals surface area contributed by atoms with E-state index in [4.69, 9.17) is 9.47 Å². The van der Waals surface area contributed by atoms with E-state index in [1.807, 2.05) is 6.92 Å². The normalized spacial score (nSPS) is 10.1. The molecule has 2 N–H and O–H groups in total. The van der Waals surface area contributed by atoms with E-state index in [0.717, 1.165) is 5.56 Å². The lowest BCUT2D eigenvalue weighted by atomic mass is 10.1. The van der Waals surface area contributed by atoms with E-state index >= 15 is 0 Å². The number of rotatable bonds is 5. The number of hydrogen-bond donors (Lipinski definition) is 2. The quantitative estimate of drug-likeness (QED) is 0.582. The van der Waals surface area contributed by atoms with Crippen LogP contribution < -0.4 is 14.8 Å². The van der Waals surface area contributed by atoms with Gasteiger partial charge in [0.2, 0.25) is 0 Å². The molecule has 0 aromatic heterocycles. The summed E-state index contributed by atoms with van der Waals surface area (Å²) in [6, 6.07) is 3.51. The van der Waals surface area contributed by atoms with Crippen LogP contribution in [0.2, 0.25) is 0 Å². The van der Waals surface area contributed by atoms with Crippen LogP contribution in [0.25, 0.3) is 0 Å². The van der Waals surface area contributed by atoms with Crippen LogP contribution in [-0.2, 0) is 11.4 Å². The molecule has 0 aliphatic rings. The number of aryl methyl sites for hydroxylation is 1. The fourth-order valence-electron chi connectivity index (χ4n) is 1.49. The van der Waals surface area contributed by atoms with Crippen LogP contribution in [-0.4, -0.2) is 31.8 Å². The van der Waals surface area contributed by atoms with Crippen molar-refractivity contribution < 1.29 is 19.4 Å². The first-order chi connectivity index (χ1) is 8.12. The average molecular weight is 239 g/mol. The van der Waals surface area contributed by atoms with E-state index in [0.29, 0.717) is 11.3 Å². The summed E-state index contributed by atoms with van der Waals surface area (Å²) >= 11 is 0. The van der Waals surface area contributed by atoms with Gasteiger partial charge in [0.05, 0.1) is 20.3 Å². The van der Waals surface area contributed by atoms with Crippen molar-refractivity contribution in [2.24, 2.45) is 0 Å². The third kappa shape index (κ3) is 3.44. The van der Waals surface area contributed by atoms with Crippen LogP contribution in [0, 0.1) is 6.92 Å². The molecule has 0 fully saturated rings. The largest absolute Gasteiger partial charge is 0.493 e. The van der Waals surface area contributed by atoms with Gasteiger partial charge in [0.1, 0.15) is 0 Å².